The van der Waals surface area contributed by atoms with E-state index in [1.807, 2.05) is 6.07 Å². The minimum Gasteiger partial charge on any atom is -0.328 e. The van der Waals surface area contributed by atoms with Crippen LogP contribution in [0.15, 0.2) is 23.1 Å². The van der Waals surface area contributed by atoms with E-state index in [0.717, 1.165) is 0 Å². The van der Waals surface area contributed by atoms with E-state index >= 15 is 0 Å². The van der Waals surface area contributed by atoms with Gasteiger partial charge in [-0.05, 0) is 31.0 Å². The van der Waals surface area contributed by atoms with Gasteiger partial charge in [-0.3, -0.25) is 0 Å². The second-order valence-corrected chi connectivity index (χ2v) is 6.84. The van der Waals surface area contributed by atoms with Crippen LogP contribution in [0.1, 0.15) is 18.4 Å². The molecular weight excluding hydrogens is 286 g/mol. The maximum atomic E-state index is 12.4. The van der Waals surface area contributed by atoms with Gasteiger partial charge >= 0.3 is 0 Å². The first kappa shape index (κ1) is 14.3. The van der Waals surface area contributed by atoms with Gasteiger partial charge in [0.2, 0.25) is 10.0 Å². The summed E-state index contributed by atoms with van der Waals surface area (Å²) in [4.78, 5) is 0.118. The molecule has 2 N–H and O–H groups in total. The first-order valence-electron chi connectivity index (χ1n) is 5.90. The van der Waals surface area contributed by atoms with E-state index in [1.165, 1.54) is 22.5 Å². The number of rotatable bonds is 2. The number of hydrogen-bond acceptors (Lipinski definition) is 4. The Hall–Kier alpha value is -1.13. The van der Waals surface area contributed by atoms with Crippen molar-refractivity contribution in [1.82, 2.24) is 4.31 Å². The van der Waals surface area contributed by atoms with Crippen LogP contribution in [-0.4, -0.2) is 31.9 Å². The Morgan fingerprint density at radius 3 is 2.53 bits per heavy atom. The number of nitrogens with two attached hydrogens (primary N) is 1. The number of piperidine rings is 1. The maximum absolute atomic E-state index is 12.4. The topological polar surface area (TPSA) is 87.2 Å². The largest absolute Gasteiger partial charge is 0.328 e. The molecule has 1 fully saturated rings. The molecule has 5 nitrogen and oxygen atoms in total. The van der Waals surface area contributed by atoms with Crippen molar-refractivity contribution in [2.75, 3.05) is 13.1 Å². The molecule has 0 unspecified atom stereocenters. The highest BCUT2D eigenvalue weighted by molar-refractivity contribution is 7.89. The Kier molecular flexibility index (Phi) is 4.11. The van der Waals surface area contributed by atoms with Crippen LogP contribution >= 0.6 is 11.6 Å². The molecular formula is C12H14ClN3O2S. The lowest BCUT2D eigenvalue weighted by Crippen LogP contribution is -2.42. The van der Waals surface area contributed by atoms with Crippen molar-refractivity contribution in [3.05, 3.63) is 28.8 Å². The Bertz CT molecular complexity index is 616. The van der Waals surface area contributed by atoms with E-state index in [2.05, 4.69) is 0 Å². The molecule has 1 aliphatic heterocycles. The van der Waals surface area contributed by atoms with E-state index in [9.17, 15) is 8.42 Å². The van der Waals surface area contributed by atoms with Gasteiger partial charge in [0.15, 0.2) is 0 Å². The van der Waals surface area contributed by atoms with Gasteiger partial charge in [-0.2, -0.15) is 9.57 Å². The van der Waals surface area contributed by atoms with Gasteiger partial charge in [-0.25, -0.2) is 8.42 Å². The van der Waals surface area contributed by atoms with E-state index in [0.29, 0.717) is 25.9 Å². The van der Waals surface area contributed by atoms with Crippen LogP contribution in [0.2, 0.25) is 5.02 Å². The Balaban J connectivity index is 2.30. The Labute approximate surface area is 117 Å². The number of sulfonamides is 1. The molecule has 0 atom stereocenters. The predicted molar refractivity (Wildman–Crippen MR) is 72.1 cm³/mol. The van der Waals surface area contributed by atoms with Crippen molar-refractivity contribution in [1.29, 1.82) is 5.26 Å². The van der Waals surface area contributed by atoms with Crippen LogP contribution in [0.25, 0.3) is 0 Å². The standard InChI is InChI=1S/C12H14ClN3O2S/c13-12-7-11(2-1-9(12)8-14)19(17,18)16-5-3-10(15)4-6-16/h1-2,7,10H,3-6,15H2. The monoisotopic (exact) mass is 299 g/mol. The van der Waals surface area contributed by atoms with Crippen molar-refractivity contribution in [3.63, 3.8) is 0 Å². The number of halogens is 1. The molecule has 2 rings (SSSR count). The summed E-state index contributed by atoms with van der Waals surface area (Å²) in [6.45, 7) is 0.836. The Morgan fingerprint density at radius 1 is 1.37 bits per heavy atom. The quantitative estimate of drug-likeness (QED) is 0.892. The SMILES string of the molecule is N#Cc1ccc(S(=O)(=O)N2CCC(N)CC2)cc1Cl. The van der Waals surface area contributed by atoms with Gasteiger partial charge < -0.3 is 5.73 Å². The zero-order valence-electron chi connectivity index (χ0n) is 10.2. The highest BCUT2D eigenvalue weighted by atomic mass is 35.5. The maximum Gasteiger partial charge on any atom is 0.243 e. The van der Waals surface area contributed by atoms with Crippen LogP contribution < -0.4 is 5.73 Å². The molecule has 1 aliphatic rings. The number of nitrogens with zero attached hydrogens (tertiary/aromatic N) is 2. The number of nitriles is 1. The average Bonchev–Trinajstić information content (AvgIpc) is 2.39. The lowest BCUT2D eigenvalue weighted by Gasteiger charge is -2.29. The molecule has 0 spiro atoms. The van der Waals surface area contributed by atoms with Gasteiger partial charge in [0, 0.05) is 19.1 Å². The highest BCUT2D eigenvalue weighted by Gasteiger charge is 2.28. The summed E-state index contributed by atoms with van der Waals surface area (Å²) in [7, 11) is -3.55. The predicted octanol–water partition coefficient (Wildman–Crippen LogP) is 1.32. The molecule has 0 bridgehead atoms. The third-order valence-corrected chi connectivity index (χ3v) is 5.40. The molecule has 0 radical (unpaired) electrons. The van der Waals surface area contributed by atoms with Gasteiger partial charge in [0.1, 0.15) is 6.07 Å². The lowest BCUT2D eigenvalue weighted by atomic mass is 10.1. The van der Waals surface area contributed by atoms with E-state index < -0.39 is 10.0 Å². The molecule has 102 valence electrons. The van der Waals surface area contributed by atoms with Gasteiger partial charge in [0.05, 0.1) is 15.5 Å². The van der Waals surface area contributed by atoms with E-state index in [-0.39, 0.29) is 21.5 Å². The van der Waals surface area contributed by atoms with Crippen LogP contribution in [0.5, 0.6) is 0 Å². The van der Waals surface area contributed by atoms with Crippen molar-refractivity contribution in [2.45, 2.75) is 23.8 Å². The Morgan fingerprint density at radius 2 is 2.00 bits per heavy atom. The normalized spacial score (nSPS) is 18.2. The zero-order valence-corrected chi connectivity index (χ0v) is 11.8. The summed E-state index contributed by atoms with van der Waals surface area (Å²) in [5.41, 5.74) is 6.03. The van der Waals surface area contributed by atoms with Crippen molar-refractivity contribution >= 4 is 21.6 Å². The summed E-state index contributed by atoms with van der Waals surface area (Å²) < 4.78 is 26.2. The summed E-state index contributed by atoms with van der Waals surface area (Å²) >= 11 is 5.87. The van der Waals surface area contributed by atoms with Gasteiger partial charge in [-0.1, -0.05) is 11.6 Å². The van der Waals surface area contributed by atoms with Crippen LogP contribution in [0, 0.1) is 11.3 Å². The average molecular weight is 300 g/mol. The van der Waals surface area contributed by atoms with Gasteiger partial charge in [0.25, 0.3) is 0 Å². The molecule has 1 saturated heterocycles. The fourth-order valence-corrected chi connectivity index (χ4v) is 3.80. The van der Waals surface area contributed by atoms with Crippen molar-refractivity contribution in [3.8, 4) is 6.07 Å². The number of hydrogen-bond donors (Lipinski definition) is 1. The lowest BCUT2D eigenvalue weighted by molar-refractivity contribution is 0.320. The van der Waals surface area contributed by atoms with Crippen LogP contribution in [0.4, 0.5) is 0 Å². The molecule has 0 aliphatic carbocycles. The molecule has 1 heterocycles. The number of benzene rings is 1. The van der Waals surface area contributed by atoms with Crippen molar-refractivity contribution in [2.24, 2.45) is 5.73 Å². The van der Waals surface area contributed by atoms with Crippen LogP contribution in [-0.2, 0) is 10.0 Å². The van der Waals surface area contributed by atoms with Gasteiger partial charge in [-0.15, -0.1) is 0 Å². The first-order valence-corrected chi connectivity index (χ1v) is 7.72. The first-order chi connectivity index (χ1) is 8.95. The molecule has 19 heavy (non-hydrogen) atoms. The van der Waals surface area contributed by atoms with Crippen LogP contribution in [0.3, 0.4) is 0 Å². The molecule has 0 saturated carbocycles. The second-order valence-electron chi connectivity index (χ2n) is 4.49. The zero-order chi connectivity index (χ0) is 14.0. The minimum absolute atomic E-state index is 0.0657. The highest BCUT2D eigenvalue weighted by Crippen LogP contribution is 2.24. The smallest absolute Gasteiger partial charge is 0.243 e. The van der Waals surface area contributed by atoms with E-state index in [4.69, 9.17) is 22.6 Å². The third-order valence-electron chi connectivity index (χ3n) is 3.20. The summed E-state index contributed by atoms with van der Waals surface area (Å²) in [5, 5.41) is 8.93. The van der Waals surface area contributed by atoms with E-state index in [1.54, 1.807) is 0 Å². The molecule has 0 amide bonds. The minimum atomic E-state index is -3.55. The fourth-order valence-electron chi connectivity index (χ4n) is 2.01. The van der Waals surface area contributed by atoms with Crippen molar-refractivity contribution < 1.29 is 8.42 Å². The summed E-state index contributed by atoms with van der Waals surface area (Å²) in [6.07, 6.45) is 1.31. The third kappa shape index (κ3) is 2.90. The molecule has 0 aromatic heterocycles. The molecule has 1 aromatic rings. The molecule has 7 heteroatoms. The summed E-state index contributed by atoms with van der Waals surface area (Å²) in [5.74, 6) is 0. The second kappa shape index (κ2) is 5.47. The summed E-state index contributed by atoms with van der Waals surface area (Å²) in [6, 6.07) is 6.12. The molecule has 1 aromatic carbocycles. The fraction of sp³-hybridized carbons (Fsp3) is 0.417.